The van der Waals surface area contributed by atoms with Gasteiger partial charge in [-0.05, 0) is 53.6 Å². The van der Waals surface area contributed by atoms with Crippen LogP contribution in [0.2, 0.25) is 10.0 Å². The van der Waals surface area contributed by atoms with Crippen molar-refractivity contribution in [2.75, 3.05) is 6.61 Å². The molecule has 28 heavy (non-hydrogen) atoms. The van der Waals surface area contributed by atoms with Gasteiger partial charge in [-0.15, -0.1) is 0 Å². The molecule has 4 nitrogen and oxygen atoms in total. The zero-order valence-electron chi connectivity index (χ0n) is 14.9. The number of benzene rings is 3. The first-order valence-electron chi connectivity index (χ1n) is 8.67. The molecule has 0 saturated carbocycles. The highest BCUT2D eigenvalue weighted by molar-refractivity contribution is 6.36. The van der Waals surface area contributed by atoms with Crippen LogP contribution in [-0.2, 0) is 6.42 Å². The summed E-state index contributed by atoms with van der Waals surface area (Å²) in [5, 5.41) is 4.70. The predicted molar refractivity (Wildman–Crippen MR) is 114 cm³/mol. The number of rotatable bonds is 7. The third kappa shape index (κ3) is 5.84. The van der Waals surface area contributed by atoms with Crippen LogP contribution < -0.4 is 10.2 Å². The van der Waals surface area contributed by atoms with Crippen molar-refractivity contribution >= 4 is 35.3 Å². The fraction of sp³-hybridized carbons (Fsp3) is 0.0909. The van der Waals surface area contributed by atoms with Crippen molar-refractivity contribution in [1.29, 1.82) is 0 Å². The minimum Gasteiger partial charge on any atom is -0.493 e. The van der Waals surface area contributed by atoms with E-state index >= 15 is 0 Å². The molecule has 1 amide bonds. The maximum Gasteiger partial charge on any atom is 0.272 e. The topological polar surface area (TPSA) is 50.7 Å². The van der Waals surface area contributed by atoms with Gasteiger partial charge in [-0.2, -0.15) is 5.10 Å². The molecule has 0 unspecified atom stereocenters. The molecule has 0 saturated heterocycles. The fourth-order valence-corrected chi connectivity index (χ4v) is 2.98. The van der Waals surface area contributed by atoms with E-state index in [9.17, 15) is 4.79 Å². The summed E-state index contributed by atoms with van der Waals surface area (Å²) in [6, 6.07) is 22.3. The fourth-order valence-electron chi connectivity index (χ4n) is 2.48. The van der Waals surface area contributed by atoms with E-state index in [0.717, 1.165) is 17.7 Å². The van der Waals surface area contributed by atoms with Crippen LogP contribution in [-0.4, -0.2) is 18.7 Å². The quantitative estimate of drug-likeness (QED) is 0.418. The SMILES string of the molecule is O=C(N/N=C/c1ccc(OCCc2ccccc2)cc1)c1ccc(Cl)cc1Cl. The molecule has 3 aromatic rings. The van der Waals surface area contributed by atoms with E-state index in [4.69, 9.17) is 27.9 Å². The first-order valence-corrected chi connectivity index (χ1v) is 9.42. The number of hydrazone groups is 1. The van der Waals surface area contributed by atoms with Gasteiger partial charge in [0.05, 0.1) is 23.4 Å². The lowest BCUT2D eigenvalue weighted by molar-refractivity contribution is 0.0955. The smallest absolute Gasteiger partial charge is 0.272 e. The molecule has 0 radical (unpaired) electrons. The molecule has 0 aliphatic carbocycles. The summed E-state index contributed by atoms with van der Waals surface area (Å²) in [7, 11) is 0. The second-order valence-corrected chi connectivity index (χ2v) is 6.82. The number of halogens is 2. The number of ether oxygens (including phenoxy) is 1. The largest absolute Gasteiger partial charge is 0.493 e. The molecule has 0 aromatic heterocycles. The molecule has 0 atom stereocenters. The van der Waals surface area contributed by atoms with Crippen LogP contribution in [0, 0.1) is 0 Å². The molecule has 0 aliphatic heterocycles. The lowest BCUT2D eigenvalue weighted by Crippen LogP contribution is -2.18. The van der Waals surface area contributed by atoms with E-state index in [2.05, 4.69) is 22.7 Å². The van der Waals surface area contributed by atoms with E-state index in [1.165, 1.54) is 11.6 Å². The summed E-state index contributed by atoms with van der Waals surface area (Å²) in [4.78, 5) is 12.1. The first-order chi connectivity index (χ1) is 13.6. The Bertz CT molecular complexity index is 958. The van der Waals surface area contributed by atoms with Crippen molar-refractivity contribution in [1.82, 2.24) is 5.43 Å². The molecule has 0 spiro atoms. The average Bonchev–Trinajstić information content (AvgIpc) is 2.70. The zero-order valence-corrected chi connectivity index (χ0v) is 16.5. The van der Waals surface area contributed by atoms with Crippen LogP contribution in [0.4, 0.5) is 0 Å². The highest BCUT2D eigenvalue weighted by Gasteiger charge is 2.09. The van der Waals surface area contributed by atoms with Gasteiger partial charge in [-0.3, -0.25) is 4.79 Å². The summed E-state index contributed by atoms with van der Waals surface area (Å²) in [5.74, 6) is 0.379. The van der Waals surface area contributed by atoms with E-state index in [1.807, 2.05) is 42.5 Å². The highest BCUT2D eigenvalue weighted by atomic mass is 35.5. The number of carbonyl (C=O) groups excluding carboxylic acids is 1. The maximum absolute atomic E-state index is 12.1. The highest BCUT2D eigenvalue weighted by Crippen LogP contribution is 2.20. The van der Waals surface area contributed by atoms with Gasteiger partial charge in [0.2, 0.25) is 0 Å². The third-order valence-corrected chi connectivity index (χ3v) is 4.49. The number of hydrogen-bond donors (Lipinski definition) is 1. The van der Waals surface area contributed by atoms with Crippen molar-refractivity contribution in [2.45, 2.75) is 6.42 Å². The first kappa shape index (κ1) is 19.9. The lowest BCUT2D eigenvalue weighted by atomic mass is 10.2. The molecular formula is C22H18Cl2N2O2. The van der Waals surface area contributed by atoms with Crippen LogP contribution in [0.1, 0.15) is 21.5 Å². The zero-order chi connectivity index (χ0) is 19.8. The third-order valence-electron chi connectivity index (χ3n) is 3.94. The van der Waals surface area contributed by atoms with Crippen LogP contribution >= 0.6 is 23.2 Å². The molecule has 3 rings (SSSR count). The molecule has 0 fully saturated rings. The Morgan fingerprint density at radius 1 is 1.00 bits per heavy atom. The molecule has 6 heteroatoms. The Labute approximate surface area is 173 Å². The van der Waals surface area contributed by atoms with Crippen LogP contribution in [0.15, 0.2) is 77.9 Å². The number of nitrogens with zero attached hydrogens (tertiary/aromatic N) is 1. The molecule has 0 bridgehead atoms. The van der Waals surface area contributed by atoms with Gasteiger partial charge in [0.1, 0.15) is 5.75 Å². The molecular weight excluding hydrogens is 395 g/mol. The Morgan fingerprint density at radius 2 is 1.75 bits per heavy atom. The Hall–Kier alpha value is -2.82. The Balaban J connectivity index is 1.48. The Morgan fingerprint density at radius 3 is 2.46 bits per heavy atom. The van der Waals surface area contributed by atoms with Crippen molar-refractivity contribution < 1.29 is 9.53 Å². The monoisotopic (exact) mass is 412 g/mol. The number of nitrogens with one attached hydrogen (secondary N) is 1. The van der Waals surface area contributed by atoms with Crippen LogP contribution in [0.5, 0.6) is 5.75 Å². The summed E-state index contributed by atoms with van der Waals surface area (Å²) in [6.07, 6.45) is 2.40. The molecule has 0 aliphatic rings. The van der Waals surface area contributed by atoms with Gasteiger partial charge in [-0.25, -0.2) is 5.43 Å². The van der Waals surface area contributed by atoms with Gasteiger partial charge < -0.3 is 4.74 Å². The summed E-state index contributed by atoms with van der Waals surface area (Å²) in [5.41, 5.74) is 4.83. The van der Waals surface area contributed by atoms with Crippen LogP contribution in [0.25, 0.3) is 0 Å². The number of carbonyl (C=O) groups is 1. The average molecular weight is 413 g/mol. The van der Waals surface area contributed by atoms with Gasteiger partial charge >= 0.3 is 0 Å². The van der Waals surface area contributed by atoms with E-state index in [1.54, 1.807) is 18.3 Å². The normalized spacial score (nSPS) is 10.8. The maximum atomic E-state index is 12.1. The minimum absolute atomic E-state index is 0.275. The van der Waals surface area contributed by atoms with E-state index in [0.29, 0.717) is 17.2 Å². The summed E-state index contributed by atoms with van der Waals surface area (Å²) < 4.78 is 5.75. The Kier molecular flexibility index (Phi) is 7.06. The van der Waals surface area contributed by atoms with E-state index < -0.39 is 5.91 Å². The van der Waals surface area contributed by atoms with E-state index in [-0.39, 0.29) is 5.02 Å². The molecule has 142 valence electrons. The summed E-state index contributed by atoms with van der Waals surface area (Å²) in [6.45, 7) is 0.607. The van der Waals surface area contributed by atoms with Crippen molar-refractivity contribution in [3.8, 4) is 5.75 Å². The van der Waals surface area contributed by atoms with Crippen molar-refractivity contribution in [3.63, 3.8) is 0 Å². The minimum atomic E-state index is -0.404. The summed E-state index contributed by atoms with van der Waals surface area (Å²) >= 11 is 11.8. The van der Waals surface area contributed by atoms with Gasteiger partial charge in [-0.1, -0.05) is 53.5 Å². The second-order valence-electron chi connectivity index (χ2n) is 5.98. The van der Waals surface area contributed by atoms with Crippen molar-refractivity contribution in [2.24, 2.45) is 5.10 Å². The van der Waals surface area contributed by atoms with Gasteiger partial charge in [0, 0.05) is 11.4 Å². The van der Waals surface area contributed by atoms with Gasteiger partial charge in [0.15, 0.2) is 0 Å². The number of hydrogen-bond acceptors (Lipinski definition) is 3. The molecule has 3 aromatic carbocycles. The standard InChI is InChI=1S/C22H18Cl2N2O2/c23-18-8-11-20(21(24)14-18)22(27)26-25-15-17-6-9-19(10-7-17)28-13-12-16-4-2-1-3-5-16/h1-11,14-15H,12-13H2,(H,26,27)/b25-15+. The van der Waals surface area contributed by atoms with Crippen molar-refractivity contribution in [3.05, 3.63) is 99.5 Å². The van der Waals surface area contributed by atoms with Gasteiger partial charge in [0.25, 0.3) is 5.91 Å². The molecule has 0 heterocycles. The van der Waals surface area contributed by atoms with Crippen LogP contribution in [0.3, 0.4) is 0 Å². The second kappa shape index (κ2) is 9.93. The molecule has 1 N–H and O–H groups in total. The predicted octanol–water partition coefficient (Wildman–Crippen LogP) is 5.38. The number of amides is 1. The lowest BCUT2D eigenvalue weighted by Gasteiger charge is -2.06.